The van der Waals surface area contributed by atoms with Gasteiger partial charge in [0.05, 0.1) is 5.69 Å². The maximum absolute atomic E-state index is 11.4. The highest BCUT2D eigenvalue weighted by Crippen LogP contribution is 2.40. The number of rotatable bonds is 5. The normalized spacial score (nSPS) is 27.6. The molecule has 1 heterocycles. The van der Waals surface area contributed by atoms with Gasteiger partial charge in [-0.2, -0.15) is 0 Å². The van der Waals surface area contributed by atoms with E-state index in [2.05, 4.69) is 10.3 Å². The molecule has 0 bridgehead atoms. The molecule has 5 nitrogen and oxygen atoms in total. The summed E-state index contributed by atoms with van der Waals surface area (Å²) in [7, 11) is 0. The first-order chi connectivity index (χ1) is 8.55. The minimum Gasteiger partial charge on any atom is -0.480 e. The number of carboxylic acid groups (broad SMARTS) is 1. The Hall–Kier alpha value is -1.01. The van der Waals surface area contributed by atoms with Gasteiger partial charge in [0.1, 0.15) is 11.8 Å². The van der Waals surface area contributed by atoms with Gasteiger partial charge in [-0.25, -0.2) is 4.98 Å². The highest BCUT2D eigenvalue weighted by Gasteiger charge is 2.45. The molecule has 18 heavy (non-hydrogen) atoms. The molecule has 1 aromatic rings. The fourth-order valence-corrected chi connectivity index (χ4v) is 3.59. The monoisotopic (exact) mass is 270 g/mol. The van der Waals surface area contributed by atoms with E-state index in [1.165, 1.54) is 11.8 Å². The first kappa shape index (κ1) is 13.4. The molecule has 0 saturated heterocycles. The molecule has 0 radical (unpaired) electrons. The van der Waals surface area contributed by atoms with Crippen LogP contribution in [0.15, 0.2) is 15.9 Å². The number of oxazole rings is 1. The Morgan fingerprint density at radius 2 is 2.56 bits per heavy atom. The van der Waals surface area contributed by atoms with Crippen LogP contribution in [0.1, 0.15) is 31.9 Å². The molecular weight excluding hydrogens is 252 g/mol. The van der Waals surface area contributed by atoms with Crippen LogP contribution in [0.3, 0.4) is 0 Å². The number of nitrogens with zero attached hydrogens (tertiary/aromatic N) is 1. The molecule has 0 aliphatic heterocycles. The maximum atomic E-state index is 11.4. The van der Waals surface area contributed by atoms with Crippen molar-refractivity contribution < 1.29 is 14.3 Å². The summed E-state index contributed by atoms with van der Waals surface area (Å²) in [6.07, 6.45) is 3.76. The lowest BCUT2D eigenvalue weighted by Gasteiger charge is -2.25. The maximum Gasteiger partial charge on any atom is 0.323 e. The Bertz CT molecular complexity index is 435. The van der Waals surface area contributed by atoms with Crippen LogP contribution in [-0.2, 0) is 4.79 Å². The molecule has 1 aliphatic carbocycles. The first-order valence-electron chi connectivity index (χ1n) is 6.13. The predicted molar refractivity (Wildman–Crippen MR) is 68.8 cm³/mol. The summed E-state index contributed by atoms with van der Waals surface area (Å²) in [6.45, 7) is 4.48. The lowest BCUT2D eigenvalue weighted by Crippen LogP contribution is -2.50. The Balaban J connectivity index is 2.00. The second kappa shape index (κ2) is 5.32. The second-order valence-corrected chi connectivity index (χ2v) is 5.91. The number of hydrogen-bond acceptors (Lipinski definition) is 5. The van der Waals surface area contributed by atoms with Gasteiger partial charge in [0.25, 0.3) is 5.22 Å². The molecule has 2 N–H and O–H groups in total. The third-order valence-electron chi connectivity index (χ3n) is 3.26. The number of aliphatic carboxylic acids is 1. The van der Waals surface area contributed by atoms with Gasteiger partial charge in [0.15, 0.2) is 0 Å². The standard InChI is InChI=1S/C12H18N2O3S/c1-3-13-12(10(15)16)5-4-9(6-12)18-11-14-8(2)7-17-11/h7,9,13H,3-6H2,1-2H3,(H,15,16). The van der Waals surface area contributed by atoms with E-state index in [1.54, 1.807) is 6.26 Å². The first-order valence-corrected chi connectivity index (χ1v) is 7.01. The number of hydrogen-bond donors (Lipinski definition) is 2. The van der Waals surface area contributed by atoms with Gasteiger partial charge < -0.3 is 14.8 Å². The minimum absolute atomic E-state index is 0.248. The van der Waals surface area contributed by atoms with Crippen LogP contribution in [0, 0.1) is 6.92 Å². The Morgan fingerprint density at radius 3 is 3.11 bits per heavy atom. The smallest absolute Gasteiger partial charge is 0.323 e. The molecule has 1 saturated carbocycles. The van der Waals surface area contributed by atoms with Gasteiger partial charge in [0.2, 0.25) is 0 Å². The van der Waals surface area contributed by atoms with Gasteiger partial charge in [-0.1, -0.05) is 18.7 Å². The lowest BCUT2D eigenvalue weighted by atomic mass is 9.98. The summed E-state index contributed by atoms with van der Waals surface area (Å²) in [5.74, 6) is -0.754. The topological polar surface area (TPSA) is 75.4 Å². The molecule has 100 valence electrons. The summed E-state index contributed by atoms with van der Waals surface area (Å²) in [5.41, 5.74) is 0.0836. The molecule has 1 aromatic heterocycles. The molecule has 2 rings (SSSR count). The van der Waals surface area contributed by atoms with E-state index in [4.69, 9.17) is 4.42 Å². The van der Waals surface area contributed by atoms with Crippen molar-refractivity contribution in [3.8, 4) is 0 Å². The zero-order valence-corrected chi connectivity index (χ0v) is 11.4. The van der Waals surface area contributed by atoms with Crippen LogP contribution in [0.25, 0.3) is 0 Å². The molecule has 0 amide bonds. The zero-order chi connectivity index (χ0) is 13.2. The Morgan fingerprint density at radius 1 is 1.78 bits per heavy atom. The largest absolute Gasteiger partial charge is 0.480 e. The number of carboxylic acids is 1. The molecule has 2 unspecified atom stereocenters. The van der Waals surface area contributed by atoms with E-state index < -0.39 is 11.5 Å². The van der Waals surface area contributed by atoms with E-state index in [0.717, 1.165) is 12.1 Å². The van der Waals surface area contributed by atoms with Crippen LogP contribution in [0.4, 0.5) is 0 Å². The van der Waals surface area contributed by atoms with Crippen LogP contribution >= 0.6 is 11.8 Å². The quantitative estimate of drug-likeness (QED) is 0.853. The van der Waals surface area contributed by atoms with E-state index in [0.29, 0.717) is 24.6 Å². The number of thioether (sulfide) groups is 1. The molecule has 6 heteroatoms. The number of nitrogens with one attached hydrogen (secondary N) is 1. The van der Waals surface area contributed by atoms with Gasteiger partial charge >= 0.3 is 5.97 Å². The van der Waals surface area contributed by atoms with E-state index >= 15 is 0 Å². The van der Waals surface area contributed by atoms with Gasteiger partial charge in [-0.15, -0.1) is 0 Å². The molecule has 0 aromatic carbocycles. The van der Waals surface area contributed by atoms with Crippen molar-refractivity contribution in [2.45, 2.75) is 49.1 Å². The third kappa shape index (κ3) is 2.70. The van der Waals surface area contributed by atoms with Crippen molar-refractivity contribution in [1.82, 2.24) is 10.3 Å². The summed E-state index contributed by atoms with van der Waals surface area (Å²) < 4.78 is 5.30. The van der Waals surface area contributed by atoms with Crippen LogP contribution in [0.5, 0.6) is 0 Å². The van der Waals surface area contributed by atoms with Gasteiger partial charge in [-0.05, 0) is 32.7 Å². The summed E-state index contributed by atoms with van der Waals surface area (Å²) in [5, 5.41) is 13.4. The summed E-state index contributed by atoms with van der Waals surface area (Å²) in [4.78, 5) is 15.6. The Kier molecular flexibility index (Phi) is 3.97. The SMILES string of the molecule is CCNC1(C(=O)O)CCC(Sc2nc(C)co2)C1. The van der Waals surface area contributed by atoms with Crippen molar-refractivity contribution in [2.24, 2.45) is 0 Å². The average Bonchev–Trinajstić information content (AvgIpc) is 2.88. The number of aryl methyl sites for hydroxylation is 1. The van der Waals surface area contributed by atoms with Crippen molar-refractivity contribution >= 4 is 17.7 Å². The molecule has 0 spiro atoms. The fourth-order valence-electron chi connectivity index (χ4n) is 2.40. The van der Waals surface area contributed by atoms with Gasteiger partial charge in [-0.3, -0.25) is 4.79 Å². The number of aromatic nitrogens is 1. The number of likely N-dealkylation sites (N-methyl/N-ethyl adjacent to an activating group) is 1. The summed E-state index contributed by atoms with van der Waals surface area (Å²) >= 11 is 1.54. The second-order valence-electron chi connectivity index (χ2n) is 4.66. The highest BCUT2D eigenvalue weighted by atomic mass is 32.2. The molecular formula is C12H18N2O3S. The molecule has 2 atom stereocenters. The predicted octanol–water partition coefficient (Wildman–Crippen LogP) is 2.06. The van der Waals surface area contributed by atoms with Crippen LogP contribution < -0.4 is 5.32 Å². The Labute approximate surface area is 110 Å². The van der Waals surface area contributed by atoms with E-state index in [9.17, 15) is 9.90 Å². The third-order valence-corrected chi connectivity index (χ3v) is 4.38. The van der Waals surface area contributed by atoms with Crippen LogP contribution in [-0.4, -0.2) is 33.4 Å². The van der Waals surface area contributed by atoms with Crippen molar-refractivity contribution in [3.63, 3.8) is 0 Å². The minimum atomic E-state index is -0.770. The number of carbonyl (C=O) groups is 1. The zero-order valence-electron chi connectivity index (χ0n) is 10.6. The summed E-state index contributed by atoms with van der Waals surface area (Å²) in [6, 6.07) is 0. The highest BCUT2D eigenvalue weighted by molar-refractivity contribution is 7.99. The van der Waals surface area contributed by atoms with Crippen molar-refractivity contribution in [3.05, 3.63) is 12.0 Å². The lowest BCUT2D eigenvalue weighted by molar-refractivity contribution is -0.144. The van der Waals surface area contributed by atoms with E-state index in [1.807, 2.05) is 13.8 Å². The van der Waals surface area contributed by atoms with Crippen molar-refractivity contribution in [2.75, 3.05) is 6.54 Å². The fraction of sp³-hybridized carbons (Fsp3) is 0.667. The van der Waals surface area contributed by atoms with Crippen molar-refractivity contribution in [1.29, 1.82) is 0 Å². The molecule has 1 fully saturated rings. The van der Waals surface area contributed by atoms with Gasteiger partial charge in [0, 0.05) is 5.25 Å². The van der Waals surface area contributed by atoms with E-state index in [-0.39, 0.29) is 5.25 Å². The average molecular weight is 270 g/mol. The van der Waals surface area contributed by atoms with Crippen LogP contribution in [0.2, 0.25) is 0 Å². The molecule has 1 aliphatic rings.